The Balaban J connectivity index is 1.71. The number of methoxy groups -OCH3 is 1. The molecule has 0 aliphatic rings. The van der Waals surface area contributed by atoms with Gasteiger partial charge in [-0.15, -0.1) is 0 Å². The average Bonchev–Trinajstić information content (AvgIpc) is 3.47. The van der Waals surface area contributed by atoms with Crippen LogP contribution in [0.15, 0.2) is 77.5 Å². The van der Waals surface area contributed by atoms with Crippen LogP contribution in [0.4, 0.5) is 0 Å². The van der Waals surface area contributed by atoms with Crippen LogP contribution in [0.3, 0.4) is 0 Å². The number of hydrogen-bond acceptors (Lipinski definition) is 5. The minimum absolute atomic E-state index is 0.226. The summed E-state index contributed by atoms with van der Waals surface area (Å²) in [5.41, 5.74) is 2.46. The highest BCUT2D eigenvalue weighted by molar-refractivity contribution is 6.30. The highest BCUT2D eigenvalue weighted by atomic mass is 35.5. The zero-order valence-corrected chi connectivity index (χ0v) is 17.7. The summed E-state index contributed by atoms with van der Waals surface area (Å²) in [6.07, 6.45) is 3.29. The number of furan rings is 1. The first kappa shape index (κ1) is 20.8. The first-order valence-electron chi connectivity index (χ1n) is 9.73. The van der Waals surface area contributed by atoms with Crippen molar-refractivity contribution >= 4 is 17.5 Å². The molecule has 4 aromatic rings. The van der Waals surface area contributed by atoms with E-state index in [2.05, 4.69) is 10.1 Å². The van der Waals surface area contributed by atoms with Crippen molar-refractivity contribution in [2.75, 3.05) is 20.3 Å². The van der Waals surface area contributed by atoms with Gasteiger partial charge < -0.3 is 14.1 Å². The normalized spacial score (nSPS) is 10.9. The van der Waals surface area contributed by atoms with Gasteiger partial charge in [-0.25, -0.2) is 4.68 Å². The highest BCUT2D eigenvalue weighted by Crippen LogP contribution is 2.26. The van der Waals surface area contributed by atoms with E-state index in [1.54, 1.807) is 53.4 Å². The Labute approximate surface area is 184 Å². The van der Waals surface area contributed by atoms with Crippen molar-refractivity contribution in [1.82, 2.24) is 19.7 Å². The van der Waals surface area contributed by atoms with Crippen LogP contribution in [0.25, 0.3) is 17.1 Å². The lowest BCUT2D eigenvalue weighted by Crippen LogP contribution is -2.34. The van der Waals surface area contributed by atoms with E-state index in [4.69, 9.17) is 20.8 Å². The number of rotatable bonds is 8. The Bertz CT molecular complexity index is 1140. The van der Waals surface area contributed by atoms with Crippen molar-refractivity contribution in [3.8, 4) is 17.1 Å². The minimum Gasteiger partial charge on any atom is -0.463 e. The fourth-order valence-corrected chi connectivity index (χ4v) is 3.38. The van der Waals surface area contributed by atoms with Gasteiger partial charge in [0.2, 0.25) is 0 Å². The molecule has 0 atom stereocenters. The summed E-state index contributed by atoms with van der Waals surface area (Å²) in [7, 11) is 1.60. The van der Waals surface area contributed by atoms with E-state index < -0.39 is 0 Å². The third kappa shape index (κ3) is 4.84. The van der Waals surface area contributed by atoms with E-state index in [0.717, 1.165) is 11.4 Å². The maximum Gasteiger partial charge on any atom is 0.274 e. The second kappa shape index (κ2) is 9.59. The van der Waals surface area contributed by atoms with E-state index in [9.17, 15) is 4.79 Å². The zero-order valence-electron chi connectivity index (χ0n) is 16.9. The second-order valence-electron chi connectivity index (χ2n) is 6.82. The molecule has 0 aliphatic heterocycles. The smallest absolute Gasteiger partial charge is 0.274 e. The number of carbonyl (C=O) groups is 1. The van der Waals surface area contributed by atoms with E-state index in [0.29, 0.717) is 41.9 Å². The summed E-state index contributed by atoms with van der Waals surface area (Å²) in [6.45, 7) is 1.16. The number of ether oxygens (including phenoxy) is 1. The summed E-state index contributed by atoms with van der Waals surface area (Å²) in [5, 5.41) is 5.17. The molecule has 0 fully saturated rings. The third-order valence-electron chi connectivity index (χ3n) is 4.69. The molecule has 0 N–H and O–H groups in total. The SMILES string of the molecule is COCCN(Cc1ccccn1)C(=O)c1cc(-c2ccco2)n(-c2cccc(Cl)c2)n1. The van der Waals surface area contributed by atoms with Crippen LogP contribution in [-0.2, 0) is 11.3 Å². The lowest BCUT2D eigenvalue weighted by Gasteiger charge is -2.21. The quantitative estimate of drug-likeness (QED) is 0.407. The molecule has 8 heteroatoms. The Kier molecular flexibility index (Phi) is 6.45. The number of carbonyl (C=O) groups excluding carboxylic acids is 1. The molecule has 3 aromatic heterocycles. The molecule has 0 aliphatic carbocycles. The molecule has 1 aromatic carbocycles. The molecule has 0 saturated heterocycles. The van der Waals surface area contributed by atoms with Crippen LogP contribution in [0, 0.1) is 0 Å². The van der Waals surface area contributed by atoms with Crippen LogP contribution in [0.2, 0.25) is 5.02 Å². The van der Waals surface area contributed by atoms with Gasteiger partial charge in [0.25, 0.3) is 5.91 Å². The molecule has 3 heterocycles. The lowest BCUT2D eigenvalue weighted by atomic mass is 10.2. The topological polar surface area (TPSA) is 73.4 Å². The summed E-state index contributed by atoms with van der Waals surface area (Å²) >= 11 is 6.18. The van der Waals surface area contributed by atoms with E-state index in [-0.39, 0.29) is 5.91 Å². The maximum absolute atomic E-state index is 13.4. The Morgan fingerprint density at radius 3 is 2.77 bits per heavy atom. The molecule has 158 valence electrons. The van der Waals surface area contributed by atoms with E-state index >= 15 is 0 Å². The fourth-order valence-electron chi connectivity index (χ4n) is 3.19. The third-order valence-corrected chi connectivity index (χ3v) is 4.92. The molecule has 0 saturated carbocycles. The van der Waals surface area contributed by atoms with Crippen LogP contribution >= 0.6 is 11.6 Å². The Morgan fingerprint density at radius 1 is 1.16 bits per heavy atom. The van der Waals surface area contributed by atoms with Crippen molar-refractivity contribution in [3.05, 3.63) is 89.5 Å². The van der Waals surface area contributed by atoms with Crippen molar-refractivity contribution < 1.29 is 13.9 Å². The molecule has 4 rings (SSSR count). The van der Waals surface area contributed by atoms with Crippen LogP contribution in [-0.4, -0.2) is 45.8 Å². The van der Waals surface area contributed by atoms with Gasteiger partial charge in [-0.1, -0.05) is 23.7 Å². The minimum atomic E-state index is -0.226. The molecular formula is C23H21ClN4O3. The molecule has 0 unspecified atom stereocenters. The zero-order chi connectivity index (χ0) is 21.6. The largest absolute Gasteiger partial charge is 0.463 e. The van der Waals surface area contributed by atoms with Crippen molar-refractivity contribution in [3.63, 3.8) is 0 Å². The number of hydrogen-bond donors (Lipinski definition) is 0. The fraction of sp³-hybridized carbons (Fsp3) is 0.174. The number of nitrogens with zero attached hydrogens (tertiary/aromatic N) is 4. The van der Waals surface area contributed by atoms with Crippen LogP contribution in [0.1, 0.15) is 16.2 Å². The predicted molar refractivity (Wildman–Crippen MR) is 117 cm³/mol. The molecule has 0 spiro atoms. The number of amides is 1. The monoisotopic (exact) mass is 436 g/mol. The predicted octanol–water partition coefficient (Wildman–Crippen LogP) is 4.47. The van der Waals surface area contributed by atoms with Gasteiger partial charge in [-0.3, -0.25) is 9.78 Å². The molecule has 0 radical (unpaired) electrons. The first-order chi connectivity index (χ1) is 15.2. The summed E-state index contributed by atoms with van der Waals surface area (Å²) in [5.74, 6) is 0.371. The number of halogens is 1. The lowest BCUT2D eigenvalue weighted by molar-refractivity contribution is 0.0671. The molecular weight excluding hydrogens is 416 g/mol. The van der Waals surface area contributed by atoms with Crippen molar-refractivity contribution in [2.24, 2.45) is 0 Å². The second-order valence-corrected chi connectivity index (χ2v) is 7.26. The number of benzene rings is 1. The van der Waals surface area contributed by atoms with Gasteiger partial charge >= 0.3 is 0 Å². The van der Waals surface area contributed by atoms with Gasteiger partial charge in [0.1, 0.15) is 5.69 Å². The van der Waals surface area contributed by atoms with Gasteiger partial charge in [-0.05, 0) is 42.5 Å². The first-order valence-corrected chi connectivity index (χ1v) is 10.1. The standard InChI is InChI=1S/C23H21ClN4O3/c1-30-13-11-27(16-18-7-2-3-10-25-18)23(29)20-15-21(22-9-5-12-31-22)28(26-20)19-8-4-6-17(24)14-19/h2-10,12,14-15H,11,13,16H2,1H3. The molecule has 7 nitrogen and oxygen atoms in total. The summed E-state index contributed by atoms with van der Waals surface area (Å²) in [6, 6.07) is 18.2. The Morgan fingerprint density at radius 2 is 2.06 bits per heavy atom. The summed E-state index contributed by atoms with van der Waals surface area (Å²) in [4.78, 5) is 19.4. The summed E-state index contributed by atoms with van der Waals surface area (Å²) < 4.78 is 12.4. The van der Waals surface area contributed by atoms with E-state index in [1.807, 2.05) is 36.4 Å². The van der Waals surface area contributed by atoms with E-state index in [1.165, 1.54) is 0 Å². The highest BCUT2D eigenvalue weighted by Gasteiger charge is 2.23. The van der Waals surface area contributed by atoms with Gasteiger partial charge in [0, 0.05) is 30.9 Å². The van der Waals surface area contributed by atoms with Gasteiger partial charge in [0.15, 0.2) is 11.5 Å². The molecule has 1 amide bonds. The number of pyridine rings is 1. The average molecular weight is 437 g/mol. The molecule has 31 heavy (non-hydrogen) atoms. The Hall–Kier alpha value is -3.42. The van der Waals surface area contributed by atoms with Gasteiger partial charge in [-0.2, -0.15) is 5.10 Å². The molecule has 0 bridgehead atoms. The van der Waals surface area contributed by atoms with Crippen molar-refractivity contribution in [2.45, 2.75) is 6.54 Å². The van der Waals surface area contributed by atoms with Crippen LogP contribution in [0.5, 0.6) is 0 Å². The van der Waals surface area contributed by atoms with Crippen LogP contribution < -0.4 is 0 Å². The van der Waals surface area contributed by atoms with Gasteiger partial charge in [0.05, 0.1) is 30.8 Å². The maximum atomic E-state index is 13.4. The number of aromatic nitrogens is 3. The van der Waals surface area contributed by atoms with Crippen molar-refractivity contribution in [1.29, 1.82) is 0 Å².